The number of nitrogens with two attached hydrogens (primary N) is 1. The highest BCUT2D eigenvalue weighted by Crippen LogP contribution is 2.34. The van der Waals surface area contributed by atoms with Crippen molar-refractivity contribution in [2.75, 3.05) is 0 Å². The smallest absolute Gasteiger partial charge is 0.130 e. The molecular weight excluding hydrogens is 385 g/mol. The molecule has 0 fully saturated rings. The van der Waals surface area contributed by atoms with Crippen molar-refractivity contribution in [2.45, 2.75) is 6.61 Å². The van der Waals surface area contributed by atoms with Gasteiger partial charge in [-0.05, 0) is 29.0 Å². The van der Waals surface area contributed by atoms with Gasteiger partial charge >= 0.3 is 0 Å². The van der Waals surface area contributed by atoms with E-state index in [1.807, 2.05) is 36.4 Å². The molecule has 0 atom stereocenters. The van der Waals surface area contributed by atoms with Crippen molar-refractivity contribution in [2.24, 2.45) is 5.73 Å². The van der Waals surface area contributed by atoms with Crippen LogP contribution in [0.25, 0.3) is 10.8 Å². The minimum Gasteiger partial charge on any atom is -0.488 e. The number of hydrogen-bond donors (Lipinski definition) is 1. The van der Waals surface area contributed by atoms with Crippen LogP contribution in [0.1, 0.15) is 11.1 Å². The Morgan fingerprint density at radius 3 is 2.42 bits per heavy atom. The second-order valence-electron chi connectivity index (χ2n) is 5.13. The third kappa shape index (κ3) is 3.31. The summed E-state index contributed by atoms with van der Waals surface area (Å²) < 4.78 is 5.91. The van der Waals surface area contributed by atoms with E-state index >= 15 is 0 Å². The van der Waals surface area contributed by atoms with E-state index in [0.717, 1.165) is 10.8 Å². The lowest BCUT2D eigenvalue weighted by molar-refractivity contribution is 0.306. The molecule has 6 heteroatoms. The zero-order valence-corrected chi connectivity index (χ0v) is 15.4. The molecule has 0 aliphatic carbocycles. The molecular formula is C18H12Cl3NOS. The zero-order valence-electron chi connectivity index (χ0n) is 12.4. The molecule has 3 aromatic rings. The summed E-state index contributed by atoms with van der Waals surface area (Å²) in [5.74, 6) is 0.577. The molecule has 0 amide bonds. The van der Waals surface area contributed by atoms with Crippen molar-refractivity contribution in [1.82, 2.24) is 0 Å². The van der Waals surface area contributed by atoms with Crippen LogP contribution in [0.3, 0.4) is 0 Å². The van der Waals surface area contributed by atoms with Crippen molar-refractivity contribution in [3.8, 4) is 5.75 Å². The van der Waals surface area contributed by atoms with E-state index in [9.17, 15) is 0 Å². The molecule has 0 bridgehead atoms. The first kappa shape index (κ1) is 17.3. The SMILES string of the molecule is NC(=S)c1c(OCc2c(Cl)ccc(Cl)c2Cl)ccc2ccccc12. The highest BCUT2D eigenvalue weighted by molar-refractivity contribution is 7.80. The fourth-order valence-electron chi connectivity index (χ4n) is 2.48. The highest BCUT2D eigenvalue weighted by Gasteiger charge is 2.14. The van der Waals surface area contributed by atoms with Crippen LogP contribution >= 0.6 is 47.0 Å². The average molecular weight is 397 g/mol. The standard InChI is InChI=1S/C18H12Cl3NOS/c19-13-6-7-14(20)17(21)12(13)9-23-15-8-5-10-3-1-2-4-11(10)16(15)18(22)24/h1-8H,9H2,(H2,22,24). The Bertz CT molecular complexity index is 943. The lowest BCUT2D eigenvalue weighted by Crippen LogP contribution is -2.12. The molecule has 24 heavy (non-hydrogen) atoms. The minimum absolute atomic E-state index is 0.159. The van der Waals surface area contributed by atoms with Crippen molar-refractivity contribution in [1.29, 1.82) is 0 Å². The molecule has 0 aliphatic heterocycles. The van der Waals surface area contributed by atoms with Gasteiger partial charge in [0.15, 0.2) is 0 Å². The maximum Gasteiger partial charge on any atom is 0.130 e. The largest absolute Gasteiger partial charge is 0.488 e. The first-order chi connectivity index (χ1) is 11.5. The van der Waals surface area contributed by atoms with E-state index in [1.165, 1.54) is 0 Å². The summed E-state index contributed by atoms with van der Waals surface area (Å²) >= 11 is 23.7. The van der Waals surface area contributed by atoms with Crippen LogP contribution in [-0.4, -0.2) is 4.99 Å². The number of hydrogen-bond acceptors (Lipinski definition) is 2. The third-order valence-electron chi connectivity index (χ3n) is 3.65. The Morgan fingerprint density at radius 2 is 1.67 bits per heavy atom. The third-order valence-corrected chi connectivity index (χ3v) is 5.05. The van der Waals surface area contributed by atoms with Crippen LogP contribution in [0.2, 0.25) is 15.1 Å². The number of fused-ring (bicyclic) bond motifs is 1. The van der Waals surface area contributed by atoms with Crippen molar-refractivity contribution in [3.05, 3.63) is 74.7 Å². The molecule has 0 unspecified atom stereocenters. The lowest BCUT2D eigenvalue weighted by atomic mass is 10.0. The second-order valence-corrected chi connectivity index (χ2v) is 6.77. The molecule has 0 spiro atoms. The van der Waals surface area contributed by atoms with E-state index < -0.39 is 0 Å². The van der Waals surface area contributed by atoms with Crippen molar-refractivity contribution in [3.63, 3.8) is 0 Å². The van der Waals surface area contributed by atoms with Gasteiger partial charge in [-0.1, -0.05) is 77.4 Å². The van der Waals surface area contributed by atoms with Crippen LogP contribution in [0, 0.1) is 0 Å². The van der Waals surface area contributed by atoms with Gasteiger partial charge in [-0.15, -0.1) is 0 Å². The van der Waals surface area contributed by atoms with Gasteiger partial charge in [0.25, 0.3) is 0 Å². The Balaban J connectivity index is 2.01. The number of ether oxygens (including phenoxy) is 1. The Labute approximate surface area is 160 Å². The summed E-state index contributed by atoms with van der Waals surface area (Å²) in [6, 6.07) is 14.9. The summed E-state index contributed by atoms with van der Waals surface area (Å²) in [5.41, 5.74) is 7.22. The molecule has 0 aromatic heterocycles. The Morgan fingerprint density at radius 1 is 0.958 bits per heavy atom. The van der Waals surface area contributed by atoms with Gasteiger partial charge in [0.05, 0.1) is 15.6 Å². The van der Waals surface area contributed by atoms with E-state index in [2.05, 4.69) is 0 Å². The van der Waals surface area contributed by atoms with Gasteiger partial charge in [-0.2, -0.15) is 0 Å². The summed E-state index contributed by atoms with van der Waals surface area (Å²) in [6.45, 7) is 0.159. The summed E-state index contributed by atoms with van der Waals surface area (Å²) in [4.78, 5) is 0.269. The van der Waals surface area contributed by atoms with Crippen LogP contribution < -0.4 is 10.5 Å². The van der Waals surface area contributed by atoms with E-state index in [0.29, 0.717) is 31.9 Å². The van der Waals surface area contributed by atoms with E-state index in [4.69, 9.17) is 57.5 Å². The molecule has 0 saturated carbocycles. The van der Waals surface area contributed by atoms with Gasteiger partial charge in [-0.25, -0.2) is 0 Å². The molecule has 2 nitrogen and oxygen atoms in total. The van der Waals surface area contributed by atoms with Gasteiger partial charge in [-0.3, -0.25) is 0 Å². The molecule has 0 aliphatic rings. The second kappa shape index (κ2) is 7.16. The van der Waals surface area contributed by atoms with E-state index in [1.54, 1.807) is 12.1 Å². The number of benzene rings is 3. The van der Waals surface area contributed by atoms with Crippen LogP contribution in [0.15, 0.2) is 48.5 Å². The normalized spacial score (nSPS) is 10.8. The number of thiocarbonyl (C=S) groups is 1. The fraction of sp³-hybridized carbons (Fsp3) is 0.0556. The van der Waals surface area contributed by atoms with Gasteiger partial charge in [0, 0.05) is 10.6 Å². The summed E-state index contributed by atoms with van der Waals surface area (Å²) in [7, 11) is 0. The number of rotatable bonds is 4. The Kier molecular flexibility index (Phi) is 5.16. The van der Waals surface area contributed by atoms with Gasteiger partial charge in [0.2, 0.25) is 0 Å². The van der Waals surface area contributed by atoms with Crippen molar-refractivity contribution < 1.29 is 4.74 Å². The Hall–Kier alpha value is -1.52. The molecule has 122 valence electrons. The molecule has 2 N–H and O–H groups in total. The van der Waals surface area contributed by atoms with E-state index in [-0.39, 0.29) is 11.6 Å². The molecule has 0 saturated heterocycles. The lowest BCUT2D eigenvalue weighted by Gasteiger charge is -2.15. The van der Waals surface area contributed by atoms with Gasteiger partial charge in [0.1, 0.15) is 17.3 Å². The minimum atomic E-state index is 0.159. The monoisotopic (exact) mass is 395 g/mol. The first-order valence-electron chi connectivity index (χ1n) is 7.05. The zero-order chi connectivity index (χ0) is 17.3. The quantitative estimate of drug-likeness (QED) is 0.433. The molecule has 3 rings (SSSR count). The molecule has 0 radical (unpaired) electrons. The predicted octanol–water partition coefficient (Wildman–Crippen LogP) is 6.01. The molecule has 0 heterocycles. The fourth-order valence-corrected chi connectivity index (χ4v) is 3.34. The summed E-state index contributed by atoms with van der Waals surface area (Å²) in [5, 5.41) is 3.26. The van der Waals surface area contributed by atoms with Gasteiger partial charge < -0.3 is 10.5 Å². The van der Waals surface area contributed by atoms with Crippen molar-refractivity contribution >= 4 is 62.8 Å². The first-order valence-corrected chi connectivity index (χ1v) is 8.60. The topological polar surface area (TPSA) is 35.2 Å². The van der Waals surface area contributed by atoms with Crippen LogP contribution in [0.5, 0.6) is 5.75 Å². The predicted molar refractivity (Wildman–Crippen MR) is 106 cm³/mol. The van der Waals surface area contributed by atoms with Crippen LogP contribution in [-0.2, 0) is 6.61 Å². The number of halogens is 3. The van der Waals surface area contributed by atoms with Crippen LogP contribution in [0.4, 0.5) is 0 Å². The highest BCUT2D eigenvalue weighted by atomic mass is 35.5. The molecule has 3 aromatic carbocycles. The summed E-state index contributed by atoms with van der Waals surface area (Å²) in [6.07, 6.45) is 0. The maximum atomic E-state index is 6.22. The maximum absolute atomic E-state index is 6.22. The average Bonchev–Trinajstić information content (AvgIpc) is 2.57.